The lowest BCUT2D eigenvalue weighted by Crippen LogP contribution is -2.25. The van der Waals surface area contributed by atoms with Crippen LogP contribution in [0.1, 0.15) is 122 Å². The number of aryl methyl sites for hydroxylation is 1. The van der Waals surface area contributed by atoms with Crippen molar-refractivity contribution in [3.05, 3.63) is 28.8 Å². The number of ether oxygens (including phenoxy) is 2. The van der Waals surface area contributed by atoms with Gasteiger partial charge in [0.15, 0.2) is 0 Å². The van der Waals surface area contributed by atoms with Crippen molar-refractivity contribution >= 4 is 17.5 Å². The van der Waals surface area contributed by atoms with Gasteiger partial charge in [-0.25, -0.2) is 0 Å². The van der Waals surface area contributed by atoms with Crippen LogP contribution in [0.25, 0.3) is 0 Å². The average Bonchev–Trinajstić information content (AvgIpc) is 2.72. The SMILES string of the molecule is CCCCCCCCCCCCOC(=S)OCC(C)(C)Cc1cc(C)c(O)c(C(C)(C)C)c1. The molecular weight excluding hydrogens is 428 g/mol. The Kier molecular flexibility index (Phi) is 13.4. The summed E-state index contributed by atoms with van der Waals surface area (Å²) < 4.78 is 11.4. The predicted octanol–water partition coefficient (Wildman–Crippen LogP) is 8.81. The number of rotatable bonds is 15. The zero-order valence-corrected chi connectivity index (χ0v) is 23.3. The molecule has 4 heteroatoms. The Labute approximate surface area is 209 Å². The number of aromatic hydroxyl groups is 1. The number of benzene rings is 1. The molecule has 0 atom stereocenters. The minimum absolute atomic E-state index is 0.0941. The summed E-state index contributed by atoms with van der Waals surface area (Å²) in [6, 6.07) is 4.20. The molecule has 0 amide bonds. The van der Waals surface area contributed by atoms with Crippen molar-refractivity contribution < 1.29 is 14.6 Å². The van der Waals surface area contributed by atoms with Crippen molar-refractivity contribution in [1.29, 1.82) is 0 Å². The zero-order chi connectivity index (χ0) is 24.9. The van der Waals surface area contributed by atoms with Crippen LogP contribution in [0.5, 0.6) is 5.75 Å². The van der Waals surface area contributed by atoms with Crippen molar-refractivity contribution in [2.75, 3.05) is 13.2 Å². The monoisotopic (exact) mass is 478 g/mol. The summed E-state index contributed by atoms with van der Waals surface area (Å²) in [7, 11) is 0. The summed E-state index contributed by atoms with van der Waals surface area (Å²) in [5.41, 5.74) is 2.92. The molecule has 190 valence electrons. The molecule has 0 aromatic heterocycles. The van der Waals surface area contributed by atoms with E-state index in [1.165, 1.54) is 63.4 Å². The Balaban J connectivity index is 2.29. The average molecular weight is 479 g/mol. The van der Waals surface area contributed by atoms with E-state index in [-0.39, 0.29) is 16.1 Å². The van der Waals surface area contributed by atoms with Gasteiger partial charge in [0.05, 0.1) is 13.2 Å². The lowest BCUT2D eigenvalue weighted by atomic mass is 9.80. The van der Waals surface area contributed by atoms with Crippen molar-refractivity contribution in [2.24, 2.45) is 5.41 Å². The second-order valence-corrected chi connectivity index (χ2v) is 11.8. The first kappa shape index (κ1) is 29.7. The van der Waals surface area contributed by atoms with Gasteiger partial charge < -0.3 is 14.6 Å². The molecule has 0 aliphatic rings. The Hall–Kier alpha value is -1.29. The van der Waals surface area contributed by atoms with Gasteiger partial charge in [0.1, 0.15) is 5.75 Å². The summed E-state index contributed by atoms with van der Waals surface area (Å²) in [5.74, 6) is 0.404. The van der Waals surface area contributed by atoms with Gasteiger partial charge in [-0.15, -0.1) is 0 Å². The minimum atomic E-state index is -0.102. The number of thiocarbonyl (C=S) groups is 1. The van der Waals surface area contributed by atoms with Gasteiger partial charge in [0, 0.05) is 17.6 Å². The number of phenolic OH excluding ortho intramolecular Hbond substituents is 1. The molecule has 0 aliphatic carbocycles. The van der Waals surface area contributed by atoms with Gasteiger partial charge in [-0.05, 0) is 41.9 Å². The highest BCUT2D eigenvalue weighted by Gasteiger charge is 2.24. The Bertz CT molecular complexity index is 704. The van der Waals surface area contributed by atoms with E-state index in [0.717, 1.165) is 24.0 Å². The summed E-state index contributed by atoms with van der Waals surface area (Å²) in [4.78, 5) is 0. The summed E-state index contributed by atoms with van der Waals surface area (Å²) in [6.45, 7) is 16.1. The maximum atomic E-state index is 10.5. The molecule has 1 rings (SSSR count). The highest BCUT2D eigenvalue weighted by molar-refractivity contribution is 7.79. The first-order chi connectivity index (χ1) is 15.5. The van der Waals surface area contributed by atoms with Crippen molar-refractivity contribution in [2.45, 2.75) is 125 Å². The van der Waals surface area contributed by atoms with Crippen LogP contribution in [0, 0.1) is 12.3 Å². The first-order valence-corrected chi connectivity index (χ1v) is 13.5. The van der Waals surface area contributed by atoms with Crippen LogP contribution in [-0.4, -0.2) is 23.6 Å². The fourth-order valence-corrected chi connectivity index (χ4v) is 4.31. The van der Waals surface area contributed by atoms with E-state index in [4.69, 9.17) is 21.7 Å². The van der Waals surface area contributed by atoms with Crippen LogP contribution >= 0.6 is 12.2 Å². The molecule has 0 unspecified atom stereocenters. The maximum absolute atomic E-state index is 10.5. The highest BCUT2D eigenvalue weighted by atomic mass is 32.1. The fraction of sp³-hybridized carbons (Fsp3) is 0.759. The lowest BCUT2D eigenvalue weighted by molar-refractivity contribution is 0.115. The van der Waals surface area contributed by atoms with E-state index < -0.39 is 0 Å². The minimum Gasteiger partial charge on any atom is -0.507 e. The van der Waals surface area contributed by atoms with Crippen LogP contribution in [0.15, 0.2) is 12.1 Å². The van der Waals surface area contributed by atoms with Crippen molar-refractivity contribution in [1.82, 2.24) is 0 Å². The van der Waals surface area contributed by atoms with E-state index >= 15 is 0 Å². The van der Waals surface area contributed by atoms with Crippen LogP contribution in [0.4, 0.5) is 0 Å². The van der Waals surface area contributed by atoms with Gasteiger partial charge in [-0.3, -0.25) is 0 Å². The first-order valence-electron chi connectivity index (χ1n) is 13.1. The third-order valence-corrected chi connectivity index (χ3v) is 6.39. The van der Waals surface area contributed by atoms with Crippen molar-refractivity contribution in [3.63, 3.8) is 0 Å². The number of unbranched alkanes of at least 4 members (excludes halogenated alkanes) is 9. The number of phenols is 1. The van der Waals surface area contributed by atoms with Crippen LogP contribution in [0.3, 0.4) is 0 Å². The van der Waals surface area contributed by atoms with Crippen molar-refractivity contribution in [3.8, 4) is 5.75 Å². The molecule has 0 heterocycles. The molecule has 1 N–H and O–H groups in total. The van der Waals surface area contributed by atoms with Crippen LogP contribution in [-0.2, 0) is 21.3 Å². The molecule has 0 saturated heterocycles. The second-order valence-electron chi connectivity index (χ2n) is 11.5. The Morgan fingerprint density at radius 1 is 0.848 bits per heavy atom. The van der Waals surface area contributed by atoms with Gasteiger partial charge in [0.25, 0.3) is 0 Å². The fourth-order valence-electron chi connectivity index (χ4n) is 4.17. The second kappa shape index (κ2) is 14.9. The predicted molar refractivity (Wildman–Crippen MR) is 145 cm³/mol. The molecule has 0 bridgehead atoms. The smallest absolute Gasteiger partial charge is 0.352 e. The zero-order valence-electron chi connectivity index (χ0n) is 22.5. The summed E-state index contributed by atoms with van der Waals surface area (Å²) >= 11 is 5.29. The topological polar surface area (TPSA) is 38.7 Å². The Morgan fingerprint density at radius 2 is 1.39 bits per heavy atom. The van der Waals surface area contributed by atoms with E-state index in [1.807, 2.05) is 6.92 Å². The molecule has 0 aliphatic heterocycles. The van der Waals surface area contributed by atoms with E-state index in [9.17, 15) is 5.11 Å². The highest BCUT2D eigenvalue weighted by Crippen LogP contribution is 2.35. The largest absolute Gasteiger partial charge is 0.507 e. The van der Waals surface area contributed by atoms with E-state index in [2.05, 4.69) is 53.7 Å². The molecular formula is C29H50O3S. The van der Waals surface area contributed by atoms with Crippen LogP contribution in [0.2, 0.25) is 0 Å². The normalized spacial score (nSPS) is 12.1. The summed E-state index contributed by atoms with van der Waals surface area (Å²) in [6.07, 6.45) is 13.9. The third-order valence-electron chi connectivity index (χ3n) is 6.15. The molecule has 1 aromatic rings. The maximum Gasteiger partial charge on any atom is 0.352 e. The Morgan fingerprint density at radius 3 is 1.94 bits per heavy atom. The molecule has 0 fully saturated rings. The molecule has 3 nitrogen and oxygen atoms in total. The molecule has 0 spiro atoms. The standard InChI is InChI=1S/C29H50O3S/c1-8-9-10-11-12-13-14-15-16-17-18-31-27(33)32-22-29(6,7)21-24-19-23(2)26(30)25(20-24)28(3,4)5/h19-20,30H,8-18,21-22H2,1-7H3. The van der Waals surface area contributed by atoms with E-state index in [0.29, 0.717) is 19.0 Å². The summed E-state index contributed by atoms with van der Waals surface area (Å²) in [5, 5.41) is 10.7. The van der Waals surface area contributed by atoms with Crippen LogP contribution < -0.4 is 0 Å². The van der Waals surface area contributed by atoms with Gasteiger partial charge in [-0.1, -0.05) is 111 Å². The number of hydrogen-bond acceptors (Lipinski definition) is 4. The molecule has 33 heavy (non-hydrogen) atoms. The third kappa shape index (κ3) is 12.7. The molecule has 1 aromatic carbocycles. The molecule has 0 radical (unpaired) electrons. The lowest BCUT2D eigenvalue weighted by Gasteiger charge is -2.27. The van der Waals surface area contributed by atoms with Gasteiger partial charge in [0.2, 0.25) is 0 Å². The van der Waals surface area contributed by atoms with Gasteiger partial charge in [-0.2, -0.15) is 0 Å². The molecule has 0 saturated carbocycles. The van der Waals surface area contributed by atoms with E-state index in [1.54, 1.807) is 0 Å². The quantitative estimate of drug-likeness (QED) is 0.202. The van der Waals surface area contributed by atoms with Gasteiger partial charge >= 0.3 is 5.24 Å². The number of hydrogen-bond donors (Lipinski definition) is 1.